The van der Waals surface area contributed by atoms with Crippen LogP contribution < -0.4 is 9.47 Å². The molecule has 0 aliphatic carbocycles. The number of methoxy groups -OCH3 is 1. The highest BCUT2D eigenvalue weighted by atomic mass is 16.6. The molecule has 0 aliphatic heterocycles. The predicted octanol–water partition coefficient (Wildman–Crippen LogP) is 2.89. The number of carbonyl (C=O) groups excluding carboxylic acids is 1. The Morgan fingerprint density at radius 3 is 2.16 bits per heavy atom. The lowest BCUT2D eigenvalue weighted by Crippen LogP contribution is -1.98. The van der Waals surface area contributed by atoms with Gasteiger partial charge in [0, 0.05) is 25.3 Å². The van der Waals surface area contributed by atoms with Crippen LogP contribution in [0, 0.1) is 11.8 Å². The van der Waals surface area contributed by atoms with Gasteiger partial charge in [-0.2, -0.15) is 0 Å². The van der Waals surface area contributed by atoms with E-state index in [0.29, 0.717) is 29.8 Å². The first-order valence-corrected chi connectivity index (χ1v) is 7.66. The molecule has 0 radical (unpaired) electrons. The average molecular weight is 342 g/mol. The maximum absolute atomic E-state index is 10.9. The van der Waals surface area contributed by atoms with Crippen molar-refractivity contribution in [2.75, 3.05) is 27.6 Å². The summed E-state index contributed by atoms with van der Waals surface area (Å²) in [6, 6.07) is 12.5. The van der Waals surface area contributed by atoms with Gasteiger partial charge in [-0.3, -0.25) is 4.79 Å². The number of hydrogen-bond acceptors (Lipinski definition) is 5. The number of rotatable bonds is 5. The van der Waals surface area contributed by atoms with Crippen LogP contribution in [0.4, 0.5) is 0 Å². The van der Waals surface area contributed by atoms with Crippen molar-refractivity contribution >= 4 is 6.29 Å². The van der Waals surface area contributed by atoms with E-state index in [1.807, 2.05) is 31.2 Å². The fraction of sp³-hybridized carbons (Fsp3) is 0.250. The average Bonchev–Trinajstić information content (AvgIpc) is 2.62. The summed E-state index contributed by atoms with van der Waals surface area (Å²) in [4.78, 5) is 10.9. The van der Waals surface area contributed by atoms with Crippen molar-refractivity contribution in [3.63, 3.8) is 0 Å². The van der Waals surface area contributed by atoms with Crippen LogP contribution in [0.25, 0.3) is 0 Å². The molecule has 0 amide bonds. The minimum absolute atomic E-state index is 0.316. The molecule has 0 unspecified atom stereocenters. The van der Waals surface area contributed by atoms with E-state index < -0.39 is 6.79 Å². The Hall–Kier alpha value is -2.81. The van der Waals surface area contributed by atoms with Crippen molar-refractivity contribution in [3.05, 3.63) is 59.2 Å². The second-order valence-electron chi connectivity index (χ2n) is 4.76. The minimum atomic E-state index is -0.489. The quantitative estimate of drug-likeness (QED) is 0.514. The highest BCUT2D eigenvalue weighted by Crippen LogP contribution is 2.18. The fourth-order valence-electron chi connectivity index (χ4n) is 1.85. The maximum Gasteiger partial charge on any atom is 0.186 e. The molecule has 0 aromatic heterocycles. The van der Waals surface area contributed by atoms with Crippen molar-refractivity contribution in [2.24, 2.45) is 0 Å². The molecule has 0 saturated carbocycles. The van der Waals surface area contributed by atoms with Gasteiger partial charge in [-0.25, -0.2) is 0 Å². The third kappa shape index (κ3) is 7.08. The Morgan fingerprint density at radius 2 is 1.60 bits per heavy atom. The monoisotopic (exact) mass is 342 g/mol. The summed E-state index contributed by atoms with van der Waals surface area (Å²) in [5.74, 6) is 7.14. The van der Waals surface area contributed by atoms with Gasteiger partial charge in [-0.1, -0.05) is 11.8 Å². The van der Waals surface area contributed by atoms with E-state index in [2.05, 4.69) is 16.6 Å². The molecule has 25 heavy (non-hydrogen) atoms. The second kappa shape index (κ2) is 11.7. The van der Waals surface area contributed by atoms with Crippen LogP contribution in [-0.2, 0) is 4.74 Å². The molecule has 0 heterocycles. The van der Waals surface area contributed by atoms with E-state index in [4.69, 9.17) is 14.6 Å². The molecular formula is C20H22O5. The fourth-order valence-corrected chi connectivity index (χ4v) is 1.85. The Bertz CT molecular complexity index is 711. The molecule has 2 rings (SSSR count). The number of benzene rings is 2. The van der Waals surface area contributed by atoms with Gasteiger partial charge in [0.2, 0.25) is 0 Å². The summed E-state index contributed by atoms with van der Waals surface area (Å²) >= 11 is 0. The number of carbonyl (C=O) groups is 1. The summed E-state index contributed by atoms with van der Waals surface area (Å²) in [6.45, 7) is 2.07. The molecule has 0 bridgehead atoms. The Kier molecular flexibility index (Phi) is 9.46. The molecule has 0 aliphatic rings. The van der Waals surface area contributed by atoms with Crippen molar-refractivity contribution in [3.8, 4) is 23.3 Å². The predicted molar refractivity (Wildman–Crippen MR) is 96.1 cm³/mol. The van der Waals surface area contributed by atoms with E-state index in [1.165, 1.54) is 0 Å². The van der Waals surface area contributed by atoms with Gasteiger partial charge < -0.3 is 19.3 Å². The standard InChI is InChI=1S/C18H16O4.C2H6O/c1-2-21-17-9-6-14(7-10-17)3-4-15-5-8-16(12-19)18(11-15)22-13-20;1-3-2/h5-12,20H,2,13H2,1H3;1-2H3. The molecule has 0 fully saturated rings. The van der Waals surface area contributed by atoms with Gasteiger partial charge >= 0.3 is 0 Å². The van der Waals surface area contributed by atoms with E-state index in [-0.39, 0.29) is 0 Å². The van der Waals surface area contributed by atoms with Crippen LogP contribution in [0.3, 0.4) is 0 Å². The first-order valence-electron chi connectivity index (χ1n) is 7.66. The summed E-state index contributed by atoms with van der Waals surface area (Å²) in [5.41, 5.74) is 1.93. The smallest absolute Gasteiger partial charge is 0.186 e. The molecule has 0 spiro atoms. The third-order valence-corrected chi connectivity index (χ3v) is 2.88. The SMILES string of the molecule is CCOc1ccc(C#Cc2ccc(C=O)c(OCO)c2)cc1.COC. The lowest BCUT2D eigenvalue weighted by Gasteiger charge is -2.05. The van der Waals surface area contributed by atoms with Crippen LogP contribution >= 0.6 is 0 Å². The van der Waals surface area contributed by atoms with E-state index >= 15 is 0 Å². The molecule has 5 heteroatoms. The van der Waals surface area contributed by atoms with Crippen molar-refractivity contribution in [1.29, 1.82) is 0 Å². The third-order valence-electron chi connectivity index (χ3n) is 2.88. The first kappa shape index (κ1) is 20.2. The summed E-state index contributed by atoms with van der Waals surface area (Å²) in [5, 5.41) is 8.82. The van der Waals surface area contributed by atoms with E-state index in [9.17, 15) is 4.79 Å². The number of aliphatic hydroxyl groups is 1. The topological polar surface area (TPSA) is 65.0 Å². The van der Waals surface area contributed by atoms with Crippen molar-refractivity contribution < 1.29 is 24.1 Å². The Morgan fingerprint density at radius 1 is 1.00 bits per heavy atom. The highest BCUT2D eigenvalue weighted by molar-refractivity contribution is 5.79. The normalized spacial score (nSPS) is 9.12. The minimum Gasteiger partial charge on any atom is -0.494 e. The Balaban J connectivity index is 0.000000970. The van der Waals surface area contributed by atoms with Gasteiger partial charge in [0.05, 0.1) is 12.2 Å². The number of aldehydes is 1. The molecular weight excluding hydrogens is 320 g/mol. The number of aliphatic hydroxyl groups excluding tert-OH is 1. The van der Waals surface area contributed by atoms with Crippen molar-refractivity contribution in [2.45, 2.75) is 6.92 Å². The van der Waals surface area contributed by atoms with E-state index in [1.54, 1.807) is 32.4 Å². The van der Waals surface area contributed by atoms with Gasteiger partial charge in [0.25, 0.3) is 0 Å². The number of hydrogen-bond donors (Lipinski definition) is 1. The largest absolute Gasteiger partial charge is 0.494 e. The number of ether oxygens (including phenoxy) is 3. The zero-order valence-electron chi connectivity index (χ0n) is 14.6. The maximum atomic E-state index is 10.9. The molecule has 132 valence electrons. The van der Waals surface area contributed by atoms with Gasteiger partial charge in [-0.05, 0) is 49.4 Å². The summed E-state index contributed by atoms with van der Waals surface area (Å²) in [6.07, 6.45) is 0.675. The van der Waals surface area contributed by atoms with Crippen LogP contribution in [0.1, 0.15) is 28.4 Å². The molecule has 0 atom stereocenters. The lowest BCUT2D eigenvalue weighted by atomic mass is 10.1. The van der Waals surface area contributed by atoms with E-state index in [0.717, 1.165) is 11.3 Å². The van der Waals surface area contributed by atoms with Crippen LogP contribution in [0.2, 0.25) is 0 Å². The Labute approximate surface area is 148 Å². The van der Waals surface area contributed by atoms with Crippen LogP contribution in [0.5, 0.6) is 11.5 Å². The zero-order chi connectivity index (χ0) is 18.5. The first-order chi connectivity index (χ1) is 12.2. The molecule has 2 aromatic carbocycles. The second-order valence-corrected chi connectivity index (χ2v) is 4.76. The van der Waals surface area contributed by atoms with Crippen LogP contribution in [-0.4, -0.2) is 39.0 Å². The van der Waals surface area contributed by atoms with Crippen molar-refractivity contribution in [1.82, 2.24) is 0 Å². The van der Waals surface area contributed by atoms with Gasteiger partial charge in [0.15, 0.2) is 13.1 Å². The van der Waals surface area contributed by atoms with Gasteiger partial charge in [-0.15, -0.1) is 0 Å². The molecule has 2 aromatic rings. The molecule has 0 saturated heterocycles. The lowest BCUT2D eigenvalue weighted by molar-refractivity contribution is 0.0959. The van der Waals surface area contributed by atoms with Gasteiger partial charge in [0.1, 0.15) is 11.5 Å². The van der Waals surface area contributed by atoms with Crippen LogP contribution in [0.15, 0.2) is 42.5 Å². The zero-order valence-corrected chi connectivity index (χ0v) is 14.6. The summed E-state index contributed by atoms with van der Waals surface area (Å²) < 4.78 is 14.6. The molecule has 1 N–H and O–H groups in total. The summed E-state index contributed by atoms with van der Waals surface area (Å²) in [7, 11) is 3.25. The molecule has 5 nitrogen and oxygen atoms in total. The highest BCUT2D eigenvalue weighted by Gasteiger charge is 2.03.